The molecule has 1 fully saturated rings. The molecule has 0 spiro atoms. The summed E-state index contributed by atoms with van der Waals surface area (Å²) < 4.78 is 0. The Labute approximate surface area is 122 Å². The topological polar surface area (TPSA) is 41.1 Å². The molecule has 1 aliphatic carbocycles. The van der Waals surface area contributed by atoms with E-state index in [-0.39, 0.29) is 28.7 Å². The van der Waals surface area contributed by atoms with Crippen LogP contribution < -0.4 is 10.6 Å². The predicted octanol–water partition coefficient (Wildman–Crippen LogP) is 3.59. The number of carbonyl (C=O) groups excluding carboxylic acids is 1. The monoisotopic (exact) mass is 274 g/mol. The first-order valence-electron chi connectivity index (χ1n) is 7.30. The zero-order valence-corrected chi connectivity index (χ0v) is 13.4. The quantitative estimate of drug-likeness (QED) is 0.881. The molecule has 1 aromatic carbocycles. The zero-order chi connectivity index (χ0) is 15.1. The molecule has 1 aliphatic rings. The van der Waals surface area contributed by atoms with Crippen LogP contribution in [0.15, 0.2) is 24.3 Å². The van der Waals surface area contributed by atoms with Gasteiger partial charge in [0.1, 0.15) is 0 Å². The number of benzene rings is 1. The smallest absolute Gasteiger partial charge is 0.228 e. The van der Waals surface area contributed by atoms with Crippen molar-refractivity contribution in [2.45, 2.75) is 40.7 Å². The van der Waals surface area contributed by atoms with Gasteiger partial charge in [0.15, 0.2) is 0 Å². The normalized spacial score (nSPS) is 21.3. The van der Waals surface area contributed by atoms with Crippen molar-refractivity contribution in [3.8, 4) is 0 Å². The van der Waals surface area contributed by atoms with Crippen molar-refractivity contribution in [2.75, 3.05) is 12.4 Å². The molecule has 0 saturated heterocycles. The SMILES string of the molecule is CNC(C)c1cccc(NC(=O)C2C(C)(C)C2(C)C)c1. The van der Waals surface area contributed by atoms with E-state index >= 15 is 0 Å². The molecule has 1 saturated carbocycles. The fourth-order valence-electron chi connectivity index (χ4n) is 3.12. The Bertz CT molecular complexity index is 505. The third kappa shape index (κ3) is 2.35. The van der Waals surface area contributed by atoms with Crippen LogP contribution in [0.4, 0.5) is 5.69 Å². The van der Waals surface area contributed by atoms with E-state index in [1.165, 1.54) is 5.56 Å². The maximum absolute atomic E-state index is 12.4. The average Bonchev–Trinajstić information content (AvgIpc) is 2.79. The van der Waals surface area contributed by atoms with Gasteiger partial charge in [0.25, 0.3) is 0 Å². The lowest BCUT2D eigenvalue weighted by Crippen LogP contribution is -2.18. The van der Waals surface area contributed by atoms with Crippen molar-refractivity contribution in [3.05, 3.63) is 29.8 Å². The molecule has 0 heterocycles. The Morgan fingerprint density at radius 1 is 1.20 bits per heavy atom. The van der Waals surface area contributed by atoms with Crippen LogP contribution >= 0.6 is 0 Å². The van der Waals surface area contributed by atoms with Crippen LogP contribution in [0, 0.1) is 16.7 Å². The average molecular weight is 274 g/mol. The Kier molecular flexibility index (Phi) is 3.67. The van der Waals surface area contributed by atoms with Crippen molar-refractivity contribution in [3.63, 3.8) is 0 Å². The number of anilines is 1. The van der Waals surface area contributed by atoms with Gasteiger partial charge in [0.2, 0.25) is 5.91 Å². The summed E-state index contributed by atoms with van der Waals surface area (Å²) in [5.74, 6) is 0.217. The van der Waals surface area contributed by atoms with E-state index in [0.717, 1.165) is 5.69 Å². The third-order valence-corrected chi connectivity index (χ3v) is 5.37. The highest BCUT2D eigenvalue weighted by atomic mass is 16.2. The van der Waals surface area contributed by atoms with E-state index in [4.69, 9.17) is 0 Å². The fraction of sp³-hybridized carbons (Fsp3) is 0.588. The van der Waals surface area contributed by atoms with Gasteiger partial charge in [-0.15, -0.1) is 0 Å². The van der Waals surface area contributed by atoms with Gasteiger partial charge in [-0.1, -0.05) is 39.8 Å². The van der Waals surface area contributed by atoms with Crippen LogP contribution in [-0.4, -0.2) is 13.0 Å². The van der Waals surface area contributed by atoms with Crippen LogP contribution in [-0.2, 0) is 4.79 Å². The molecule has 2 N–H and O–H groups in total. The minimum atomic E-state index is 0.0763. The number of rotatable bonds is 4. The van der Waals surface area contributed by atoms with Gasteiger partial charge < -0.3 is 10.6 Å². The molecule has 0 aromatic heterocycles. The second-order valence-electron chi connectivity index (χ2n) is 7.00. The number of hydrogen-bond acceptors (Lipinski definition) is 2. The Balaban J connectivity index is 2.10. The van der Waals surface area contributed by atoms with E-state index in [1.807, 2.05) is 25.2 Å². The van der Waals surface area contributed by atoms with Gasteiger partial charge in [-0.2, -0.15) is 0 Å². The molecule has 0 aliphatic heterocycles. The first kappa shape index (κ1) is 15.0. The fourth-order valence-corrected chi connectivity index (χ4v) is 3.12. The van der Waals surface area contributed by atoms with Crippen LogP contribution in [0.25, 0.3) is 0 Å². The molecule has 2 rings (SSSR count). The van der Waals surface area contributed by atoms with Crippen LogP contribution in [0.5, 0.6) is 0 Å². The van der Waals surface area contributed by atoms with Gasteiger partial charge in [-0.25, -0.2) is 0 Å². The zero-order valence-electron chi connectivity index (χ0n) is 13.4. The number of nitrogens with one attached hydrogen (secondary N) is 2. The van der Waals surface area contributed by atoms with Gasteiger partial charge >= 0.3 is 0 Å². The maximum Gasteiger partial charge on any atom is 0.228 e. The lowest BCUT2D eigenvalue weighted by atomic mass is 10.0. The van der Waals surface area contributed by atoms with Crippen molar-refractivity contribution >= 4 is 11.6 Å². The van der Waals surface area contributed by atoms with Crippen LogP contribution in [0.3, 0.4) is 0 Å². The van der Waals surface area contributed by atoms with Gasteiger partial charge in [-0.3, -0.25) is 4.79 Å². The number of hydrogen-bond donors (Lipinski definition) is 2. The van der Waals surface area contributed by atoms with E-state index < -0.39 is 0 Å². The van der Waals surface area contributed by atoms with Crippen LogP contribution in [0.2, 0.25) is 0 Å². The van der Waals surface area contributed by atoms with Crippen LogP contribution in [0.1, 0.15) is 46.2 Å². The summed E-state index contributed by atoms with van der Waals surface area (Å²) in [5.41, 5.74) is 2.22. The number of amides is 1. The largest absolute Gasteiger partial charge is 0.326 e. The first-order valence-corrected chi connectivity index (χ1v) is 7.30. The molecule has 1 unspecified atom stereocenters. The van der Waals surface area contributed by atoms with E-state index in [2.05, 4.69) is 51.3 Å². The molecule has 110 valence electrons. The molecule has 1 atom stereocenters. The van der Waals surface area contributed by atoms with Crippen molar-refractivity contribution < 1.29 is 4.79 Å². The second kappa shape index (κ2) is 4.88. The molecule has 0 bridgehead atoms. The van der Waals surface area contributed by atoms with Gasteiger partial charge in [0.05, 0.1) is 0 Å². The molecular weight excluding hydrogens is 248 g/mol. The highest BCUT2D eigenvalue weighted by molar-refractivity contribution is 5.96. The highest BCUT2D eigenvalue weighted by Gasteiger charge is 2.68. The van der Waals surface area contributed by atoms with Gasteiger partial charge in [-0.05, 0) is 42.5 Å². The summed E-state index contributed by atoms with van der Waals surface area (Å²) in [4.78, 5) is 12.4. The van der Waals surface area contributed by atoms with Crippen molar-refractivity contribution in [2.24, 2.45) is 16.7 Å². The summed E-state index contributed by atoms with van der Waals surface area (Å²) in [6.45, 7) is 10.8. The predicted molar refractivity (Wildman–Crippen MR) is 83.6 cm³/mol. The van der Waals surface area contributed by atoms with E-state index in [9.17, 15) is 4.79 Å². The van der Waals surface area contributed by atoms with E-state index in [0.29, 0.717) is 0 Å². The minimum absolute atomic E-state index is 0.0763. The second-order valence-corrected chi connectivity index (χ2v) is 7.00. The Morgan fingerprint density at radius 2 is 1.80 bits per heavy atom. The number of carbonyl (C=O) groups is 1. The standard InChI is InChI=1S/C17H26N2O/c1-11(18-6)12-8-7-9-13(10-12)19-15(20)14-16(2,3)17(14,4)5/h7-11,14,18H,1-6H3,(H,19,20). The molecule has 1 amide bonds. The lowest BCUT2D eigenvalue weighted by Gasteiger charge is -2.13. The highest BCUT2D eigenvalue weighted by Crippen LogP contribution is 2.68. The van der Waals surface area contributed by atoms with E-state index in [1.54, 1.807) is 0 Å². The summed E-state index contributed by atoms with van der Waals surface area (Å²) in [5, 5.41) is 6.28. The van der Waals surface area contributed by atoms with Crippen molar-refractivity contribution in [1.82, 2.24) is 5.32 Å². The summed E-state index contributed by atoms with van der Waals surface area (Å²) in [6.07, 6.45) is 0. The summed E-state index contributed by atoms with van der Waals surface area (Å²) in [6, 6.07) is 8.33. The molecule has 3 heteroatoms. The van der Waals surface area contributed by atoms with Gasteiger partial charge in [0, 0.05) is 17.6 Å². The third-order valence-electron chi connectivity index (χ3n) is 5.37. The Hall–Kier alpha value is -1.35. The molecular formula is C17H26N2O. The summed E-state index contributed by atoms with van der Waals surface area (Å²) >= 11 is 0. The molecule has 1 aromatic rings. The van der Waals surface area contributed by atoms with Crippen molar-refractivity contribution in [1.29, 1.82) is 0 Å². The maximum atomic E-state index is 12.4. The molecule has 20 heavy (non-hydrogen) atoms. The minimum Gasteiger partial charge on any atom is -0.326 e. The lowest BCUT2D eigenvalue weighted by molar-refractivity contribution is -0.118. The molecule has 0 radical (unpaired) electrons. The Morgan fingerprint density at radius 3 is 2.30 bits per heavy atom. The molecule has 3 nitrogen and oxygen atoms in total. The summed E-state index contributed by atoms with van der Waals surface area (Å²) in [7, 11) is 1.94. The first-order chi connectivity index (χ1) is 9.21.